The number of hydrogen-bond acceptors (Lipinski definition) is 4. The van der Waals surface area contributed by atoms with Crippen LogP contribution in [-0.2, 0) is 14.8 Å². The molecule has 7 heteroatoms. The molecule has 1 aromatic rings. The fraction of sp³-hybridized carbons (Fsp3) is 0.500. The molecule has 17 heavy (non-hydrogen) atoms. The van der Waals surface area contributed by atoms with Crippen LogP contribution in [0.5, 0.6) is 0 Å². The van der Waals surface area contributed by atoms with E-state index in [0.717, 1.165) is 6.26 Å². The standard InChI is InChI=1S/C10H13NO5S/c1-10(9(12)13)3-4-11(7-10)17(14,15)8-2-5-16-6-8/h2,5-6H,3-4,7H2,1H3,(H,12,13). The third kappa shape index (κ3) is 1.96. The van der Waals surface area contributed by atoms with Gasteiger partial charge in [0.2, 0.25) is 10.0 Å². The van der Waals surface area contributed by atoms with Gasteiger partial charge in [0, 0.05) is 13.1 Å². The molecule has 2 rings (SSSR count). The van der Waals surface area contributed by atoms with Gasteiger partial charge in [-0.2, -0.15) is 4.31 Å². The number of rotatable bonds is 3. The van der Waals surface area contributed by atoms with Gasteiger partial charge in [0.25, 0.3) is 0 Å². The Hall–Kier alpha value is -1.34. The number of hydrogen-bond donors (Lipinski definition) is 1. The maximum Gasteiger partial charge on any atom is 0.310 e. The molecule has 0 aliphatic carbocycles. The minimum absolute atomic E-state index is 0.00412. The Balaban J connectivity index is 2.25. The molecule has 0 saturated carbocycles. The fourth-order valence-corrected chi connectivity index (χ4v) is 3.34. The van der Waals surface area contributed by atoms with Crippen LogP contribution in [0, 0.1) is 5.41 Å². The summed E-state index contributed by atoms with van der Waals surface area (Å²) in [5.74, 6) is -0.970. The lowest BCUT2D eigenvalue weighted by Crippen LogP contribution is -2.34. The van der Waals surface area contributed by atoms with Crippen LogP contribution in [-0.4, -0.2) is 36.9 Å². The number of aliphatic carboxylic acids is 1. The third-order valence-corrected chi connectivity index (χ3v) is 4.91. The van der Waals surface area contributed by atoms with Crippen molar-refractivity contribution in [3.63, 3.8) is 0 Å². The van der Waals surface area contributed by atoms with Crippen molar-refractivity contribution in [3.8, 4) is 0 Å². The van der Waals surface area contributed by atoms with E-state index >= 15 is 0 Å². The average Bonchev–Trinajstić information content (AvgIpc) is 2.86. The summed E-state index contributed by atoms with van der Waals surface area (Å²) in [7, 11) is -3.62. The van der Waals surface area contributed by atoms with E-state index in [1.54, 1.807) is 6.92 Å². The van der Waals surface area contributed by atoms with Gasteiger partial charge in [0.1, 0.15) is 11.2 Å². The molecule has 94 valence electrons. The number of carboxylic acid groups (broad SMARTS) is 1. The van der Waals surface area contributed by atoms with Gasteiger partial charge >= 0.3 is 5.97 Å². The summed E-state index contributed by atoms with van der Waals surface area (Å²) in [5.41, 5.74) is -1.00. The fourth-order valence-electron chi connectivity index (χ4n) is 1.85. The van der Waals surface area contributed by atoms with Crippen molar-refractivity contribution in [1.82, 2.24) is 4.31 Å². The molecular weight excluding hydrogens is 246 g/mol. The second-order valence-corrected chi connectivity index (χ2v) is 6.35. The average molecular weight is 259 g/mol. The zero-order valence-corrected chi connectivity index (χ0v) is 10.1. The topological polar surface area (TPSA) is 87.8 Å². The van der Waals surface area contributed by atoms with E-state index in [1.165, 1.54) is 16.6 Å². The zero-order valence-electron chi connectivity index (χ0n) is 9.29. The minimum atomic E-state index is -3.62. The molecule has 1 aliphatic heterocycles. The Morgan fingerprint density at radius 1 is 1.59 bits per heavy atom. The molecule has 0 amide bonds. The van der Waals surface area contributed by atoms with Crippen LogP contribution in [0.1, 0.15) is 13.3 Å². The molecule has 1 saturated heterocycles. The Kier molecular flexibility index (Phi) is 2.75. The number of furan rings is 1. The van der Waals surface area contributed by atoms with Gasteiger partial charge in [-0.25, -0.2) is 8.42 Å². The van der Waals surface area contributed by atoms with Gasteiger partial charge in [0.05, 0.1) is 11.7 Å². The van der Waals surface area contributed by atoms with Crippen LogP contribution in [0.2, 0.25) is 0 Å². The van der Waals surface area contributed by atoms with Crippen LogP contribution in [0.4, 0.5) is 0 Å². The normalized spacial score (nSPS) is 26.2. The molecule has 6 nitrogen and oxygen atoms in total. The molecular formula is C10H13NO5S. The lowest BCUT2D eigenvalue weighted by molar-refractivity contribution is -0.146. The Labute approximate surface area is 98.9 Å². The summed E-state index contributed by atoms with van der Waals surface area (Å²) in [6.07, 6.45) is 2.74. The second-order valence-electron chi connectivity index (χ2n) is 4.41. The van der Waals surface area contributed by atoms with E-state index in [2.05, 4.69) is 0 Å². The molecule has 1 atom stereocenters. The van der Waals surface area contributed by atoms with Crippen LogP contribution >= 0.6 is 0 Å². The van der Waals surface area contributed by atoms with Gasteiger partial charge in [-0.05, 0) is 19.4 Å². The number of sulfonamides is 1. The predicted molar refractivity (Wildman–Crippen MR) is 57.8 cm³/mol. The highest BCUT2D eigenvalue weighted by molar-refractivity contribution is 7.89. The first-order chi connectivity index (χ1) is 7.86. The van der Waals surface area contributed by atoms with Crippen LogP contribution in [0.3, 0.4) is 0 Å². The zero-order chi connectivity index (χ0) is 12.7. The van der Waals surface area contributed by atoms with E-state index in [1.807, 2.05) is 0 Å². The van der Waals surface area contributed by atoms with Crippen LogP contribution in [0.15, 0.2) is 27.9 Å². The Morgan fingerprint density at radius 2 is 2.29 bits per heavy atom. The SMILES string of the molecule is CC1(C(=O)O)CCN(S(=O)(=O)c2ccoc2)C1. The van der Waals surface area contributed by atoms with Crippen molar-refractivity contribution in [2.45, 2.75) is 18.2 Å². The van der Waals surface area contributed by atoms with E-state index < -0.39 is 21.4 Å². The minimum Gasteiger partial charge on any atom is -0.481 e. The smallest absolute Gasteiger partial charge is 0.310 e. The van der Waals surface area contributed by atoms with Gasteiger partial charge in [0.15, 0.2) is 0 Å². The first kappa shape index (κ1) is 12.1. The lowest BCUT2D eigenvalue weighted by Gasteiger charge is -2.19. The summed E-state index contributed by atoms with van der Waals surface area (Å²) in [6.45, 7) is 1.77. The summed E-state index contributed by atoms with van der Waals surface area (Å²) in [4.78, 5) is 11.1. The molecule has 0 bridgehead atoms. The maximum absolute atomic E-state index is 12.1. The molecule has 0 aromatic carbocycles. The van der Waals surface area contributed by atoms with Crippen molar-refractivity contribution in [3.05, 3.63) is 18.6 Å². The van der Waals surface area contributed by atoms with E-state index in [0.29, 0.717) is 6.42 Å². The monoisotopic (exact) mass is 259 g/mol. The maximum atomic E-state index is 12.1. The third-order valence-electron chi connectivity index (χ3n) is 3.09. The summed E-state index contributed by atoms with van der Waals surface area (Å²) < 4.78 is 30.1. The van der Waals surface area contributed by atoms with Gasteiger partial charge in [-0.1, -0.05) is 0 Å². The van der Waals surface area contributed by atoms with Crippen LogP contribution in [0.25, 0.3) is 0 Å². The molecule has 1 fully saturated rings. The second kappa shape index (κ2) is 3.85. The number of carboxylic acids is 1. The highest BCUT2D eigenvalue weighted by Crippen LogP contribution is 2.33. The Morgan fingerprint density at radius 3 is 2.76 bits per heavy atom. The quantitative estimate of drug-likeness (QED) is 0.866. The highest BCUT2D eigenvalue weighted by Gasteiger charge is 2.45. The summed E-state index contributed by atoms with van der Waals surface area (Å²) >= 11 is 0. The first-order valence-electron chi connectivity index (χ1n) is 5.12. The molecule has 0 radical (unpaired) electrons. The van der Waals surface area contributed by atoms with E-state index in [9.17, 15) is 13.2 Å². The van der Waals surface area contributed by atoms with Crippen molar-refractivity contribution >= 4 is 16.0 Å². The van der Waals surface area contributed by atoms with E-state index in [4.69, 9.17) is 9.52 Å². The van der Waals surface area contributed by atoms with Crippen LogP contribution < -0.4 is 0 Å². The largest absolute Gasteiger partial charge is 0.481 e. The van der Waals surface area contributed by atoms with Crippen molar-refractivity contribution in [2.75, 3.05) is 13.1 Å². The predicted octanol–water partition coefficient (Wildman–Crippen LogP) is 0.765. The molecule has 1 aromatic heterocycles. The molecule has 1 N–H and O–H groups in total. The molecule has 1 unspecified atom stereocenters. The molecule has 0 spiro atoms. The van der Waals surface area contributed by atoms with Gasteiger partial charge in [-0.3, -0.25) is 4.79 Å². The summed E-state index contributed by atoms with van der Waals surface area (Å²) in [6, 6.07) is 1.35. The van der Waals surface area contributed by atoms with Crippen molar-refractivity contribution in [2.24, 2.45) is 5.41 Å². The first-order valence-corrected chi connectivity index (χ1v) is 6.56. The van der Waals surface area contributed by atoms with Gasteiger partial charge < -0.3 is 9.52 Å². The summed E-state index contributed by atoms with van der Waals surface area (Å²) in [5, 5.41) is 9.05. The van der Waals surface area contributed by atoms with Gasteiger partial charge in [-0.15, -0.1) is 0 Å². The Bertz CT molecular complexity index is 521. The number of nitrogens with zero attached hydrogens (tertiary/aromatic N) is 1. The van der Waals surface area contributed by atoms with Crippen molar-refractivity contribution in [1.29, 1.82) is 0 Å². The van der Waals surface area contributed by atoms with Crippen molar-refractivity contribution < 1.29 is 22.7 Å². The number of carbonyl (C=O) groups is 1. The molecule has 2 heterocycles. The highest BCUT2D eigenvalue weighted by atomic mass is 32.2. The lowest BCUT2D eigenvalue weighted by atomic mass is 9.90. The molecule has 1 aliphatic rings. The van der Waals surface area contributed by atoms with E-state index in [-0.39, 0.29) is 18.0 Å².